The van der Waals surface area contributed by atoms with Crippen LogP contribution in [0.5, 0.6) is 0 Å². The van der Waals surface area contributed by atoms with Gasteiger partial charge in [-0.2, -0.15) is 0 Å². The fourth-order valence-corrected chi connectivity index (χ4v) is 1.84. The van der Waals surface area contributed by atoms with Crippen molar-refractivity contribution in [2.24, 2.45) is 0 Å². The van der Waals surface area contributed by atoms with Gasteiger partial charge < -0.3 is 4.74 Å². The van der Waals surface area contributed by atoms with Crippen LogP contribution in [-0.2, 0) is 9.53 Å². The second-order valence-corrected chi connectivity index (χ2v) is 4.46. The van der Waals surface area contributed by atoms with Crippen LogP contribution in [0.25, 0.3) is 16.8 Å². The normalized spacial score (nSPS) is 11.0. The summed E-state index contributed by atoms with van der Waals surface area (Å²) in [6.45, 7) is 2.57. The number of fused-ring (bicyclic) bond motifs is 1. The van der Waals surface area contributed by atoms with E-state index in [0.717, 1.165) is 18.4 Å². The molecule has 0 fully saturated rings. The van der Waals surface area contributed by atoms with Gasteiger partial charge in [-0.05, 0) is 34.9 Å². The van der Waals surface area contributed by atoms with Gasteiger partial charge in [-0.25, -0.2) is 4.79 Å². The van der Waals surface area contributed by atoms with Crippen molar-refractivity contribution in [3.8, 4) is 0 Å². The predicted molar refractivity (Wildman–Crippen MR) is 78.8 cm³/mol. The molecular formula is C17H18O2. The molecule has 0 atom stereocenters. The number of carbonyl (C=O) groups is 1. The Morgan fingerprint density at radius 1 is 1.16 bits per heavy atom. The summed E-state index contributed by atoms with van der Waals surface area (Å²) in [4.78, 5) is 11.4. The molecule has 0 bridgehead atoms. The first-order valence-corrected chi connectivity index (χ1v) is 6.63. The molecule has 2 nitrogen and oxygen atoms in total. The fraction of sp³-hybridized carbons (Fsp3) is 0.235. The third-order valence-electron chi connectivity index (χ3n) is 2.93. The minimum absolute atomic E-state index is 0.276. The number of hydrogen-bond donors (Lipinski definition) is 0. The van der Waals surface area contributed by atoms with E-state index in [2.05, 4.69) is 31.2 Å². The molecule has 2 rings (SSSR count). The van der Waals surface area contributed by atoms with Crippen molar-refractivity contribution in [2.75, 3.05) is 6.61 Å². The van der Waals surface area contributed by atoms with Gasteiger partial charge in [-0.3, -0.25) is 0 Å². The van der Waals surface area contributed by atoms with Gasteiger partial charge in [0.05, 0.1) is 6.61 Å². The Morgan fingerprint density at radius 3 is 2.74 bits per heavy atom. The van der Waals surface area contributed by atoms with Gasteiger partial charge >= 0.3 is 5.97 Å². The minimum Gasteiger partial charge on any atom is -0.463 e. The molecule has 0 aliphatic heterocycles. The van der Waals surface area contributed by atoms with Crippen LogP contribution in [0.4, 0.5) is 0 Å². The smallest absolute Gasteiger partial charge is 0.330 e. The summed E-state index contributed by atoms with van der Waals surface area (Å²) < 4.78 is 5.07. The molecule has 0 unspecified atom stereocenters. The van der Waals surface area contributed by atoms with Crippen LogP contribution in [0.3, 0.4) is 0 Å². The van der Waals surface area contributed by atoms with Gasteiger partial charge in [0.25, 0.3) is 0 Å². The first kappa shape index (κ1) is 13.3. The Kier molecular flexibility index (Phi) is 4.73. The summed E-state index contributed by atoms with van der Waals surface area (Å²) in [6, 6.07) is 14.3. The highest BCUT2D eigenvalue weighted by molar-refractivity contribution is 5.89. The maximum atomic E-state index is 11.4. The molecule has 0 saturated heterocycles. The highest BCUT2D eigenvalue weighted by Crippen LogP contribution is 2.16. The van der Waals surface area contributed by atoms with Crippen LogP contribution < -0.4 is 0 Å². The van der Waals surface area contributed by atoms with Crippen LogP contribution >= 0.6 is 0 Å². The Balaban J connectivity index is 2.02. The largest absolute Gasteiger partial charge is 0.463 e. The molecule has 0 aromatic heterocycles. The summed E-state index contributed by atoms with van der Waals surface area (Å²) in [5, 5.41) is 2.37. The number of esters is 1. The van der Waals surface area contributed by atoms with Crippen LogP contribution in [-0.4, -0.2) is 12.6 Å². The number of rotatable bonds is 5. The van der Waals surface area contributed by atoms with Crippen molar-refractivity contribution in [3.63, 3.8) is 0 Å². The Hall–Kier alpha value is -2.09. The first-order valence-electron chi connectivity index (χ1n) is 6.63. The molecule has 2 aromatic carbocycles. The van der Waals surface area contributed by atoms with Crippen molar-refractivity contribution in [2.45, 2.75) is 19.8 Å². The Morgan fingerprint density at radius 2 is 1.95 bits per heavy atom. The third kappa shape index (κ3) is 3.95. The molecule has 0 aliphatic carbocycles. The van der Waals surface area contributed by atoms with Crippen molar-refractivity contribution < 1.29 is 9.53 Å². The van der Waals surface area contributed by atoms with Gasteiger partial charge in [-0.15, -0.1) is 0 Å². The van der Waals surface area contributed by atoms with Gasteiger partial charge in [-0.1, -0.05) is 49.7 Å². The monoisotopic (exact) mass is 254 g/mol. The summed E-state index contributed by atoms with van der Waals surface area (Å²) in [7, 11) is 0. The van der Waals surface area contributed by atoms with Gasteiger partial charge in [0.2, 0.25) is 0 Å². The lowest BCUT2D eigenvalue weighted by Crippen LogP contribution is -2.01. The summed E-state index contributed by atoms with van der Waals surface area (Å²) in [5.41, 5.74) is 1.01. The van der Waals surface area contributed by atoms with E-state index < -0.39 is 0 Å². The van der Waals surface area contributed by atoms with Crippen LogP contribution in [0.15, 0.2) is 48.5 Å². The van der Waals surface area contributed by atoms with Crippen molar-refractivity contribution in [3.05, 3.63) is 54.1 Å². The fourth-order valence-electron chi connectivity index (χ4n) is 1.84. The second-order valence-electron chi connectivity index (χ2n) is 4.46. The number of benzene rings is 2. The zero-order valence-corrected chi connectivity index (χ0v) is 11.1. The highest BCUT2D eigenvalue weighted by atomic mass is 16.5. The molecule has 0 spiro atoms. The van der Waals surface area contributed by atoms with E-state index in [1.807, 2.05) is 18.2 Å². The predicted octanol–water partition coefficient (Wildman–Crippen LogP) is 4.20. The van der Waals surface area contributed by atoms with E-state index in [-0.39, 0.29) is 5.97 Å². The average molecular weight is 254 g/mol. The molecule has 19 heavy (non-hydrogen) atoms. The van der Waals surface area contributed by atoms with Gasteiger partial charge in [0, 0.05) is 6.08 Å². The van der Waals surface area contributed by atoms with E-state index in [1.54, 1.807) is 6.08 Å². The Bertz CT molecular complexity index is 585. The molecule has 0 saturated carbocycles. The maximum absolute atomic E-state index is 11.4. The average Bonchev–Trinajstić information content (AvgIpc) is 2.45. The standard InChI is InChI=1S/C17H18O2/c1-2-3-12-19-17(18)11-9-14-8-10-15-6-4-5-7-16(15)13-14/h4-11,13H,2-3,12H2,1H3. The summed E-state index contributed by atoms with van der Waals surface area (Å²) in [6.07, 6.45) is 5.22. The molecule has 98 valence electrons. The van der Waals surface area contributed by atoms with E-state index >= 15 is 0 Å². The minimum atomic E-state index is -0.276. The zero-order chi connectivity index (χ0) is 13.5. The first-order chi connectivity index (χ1) is 9.29. The number of hydrogen-bond acceptors (Lipinski definition) is 2. The molecule has 0 N–H and O–H groups in total. The van der Waals surface area contributed by atoms with E-state index in [0.29, 0.717) is 6.61 Å². The molecule has 2 aromatic rings. The molecule has 0 amide bonds. The van der Waals surface area contributed by atoms with Crippen LogP contribution in [0.2, 0.25) is 0 Å². The summed E-state index contributed by atoms with van der Waals surface area (Å²) >= 11 is 0. The van der Waals surface area contributed by atoms with Crippen molar-refractivity contribution in [1.29, 1.82) is 0 Å². The van der Waals surface area contributed by atoms with E-state index in [1.165, 1.54) is 16.8 Å². The van der Waals surface area contributed by atoms with Gasteiger partial charge in [0.1, 0.15) is 0 Å². The lowest BCUT2D eigenvalue weighted by atomic mass is 10.1. The van der Waals surface area contributed by atoms with Crippen molar-refractivity contribution >= 4 is 22.8 Å². The van der Waals surface area contributed by atoms with Gasteiger partial charge in [0.15, 0.2) is 0 Å². The van der Waals surface area contributed by atoms with Crippen molar-refractivity contribution in [1.82, 2.24) is 0 Å². The highest BCUT2D eigenvalue weighted by Gasteiger charge is 1.97. The molecule has 0 aliphatic rings. The molecular weight excluding hydrogens is 236 g/mol. The van der Waals surface area contributed by atoms with E-state index in [9.17, 15) is 4.79 Å². The number of ether oxygens (including phenoxy) is 1. The van der Waals surface area contributed by atoms with Crippen LogP contribution in [0, 0.1) is 0 Å². The second kappa shape index (κ2) is 6.74. The SMILES string of the molecule is CCCCOC(=O)C=Cc1ccc2ccccc2c1. The van der Waals surface area contributed by atoms with Crippen LogP contribution in [0.1, 0.15) is 25.3 Å². The third-order valence-corrected chi connectivity index (χ3v) is 2.93. The zero-order valence-electron chi connectivity index (χ0n) is 11.1. The Labute approximate surface area is 113 Å². The molecule has 0 heterocycles. The summed E-state index contributed by atoms with van der Waals surface area (Å²) in [5.74, 6) is -0.276. The quantitative estimate of drug-likeness (QED) is 0.454. The molecule has 0 radical (unpaired) electrons. The number of carbonyl (C=O) groups excluding carboxylic acids is 1. The topological polar surface area (TPSA) is 26.3 Å². The lowest BCUT2D eigenvalue weighted by molar-refractivity contribution is -0.137. The maximum Gasteiger partial charge on any atom is 0.330 e. The number of unbranched alkanes of at least 4 members (excludes halogenated alkanes) is 1. The molecule has 2 heteroatoms. The van der Waals surface area contributed by atoms with E-state index in [4.69, 9.17) is 4.74 Å². The lowest BCUT2D eigenvalue weighted by Gasteiger charge is -2.00.